The summed E-state index contributed by atoms with van der Waals surface area (Å²) in [6, 6.07) is -3.45. The molecule has 0 aromatic carbocycles. The SMILES string of the molecule is [2H]NC(CC(NC)C(=O)O)C(=O)OC.[3H]OC(=O)C(CC(NC)C(=O)O)NC. The molecule has 4 unspecified atom stereocenters. The summed E-state index contributed by atoms with van der Waals surface area (Å²) in [6.07, 6.45) is -0.0119. The largest absolute Gasteiger partial charge is 0.480 e. The maximum absolute atomic E-state index is 11.0. The Morgan fingerprint density at radius 3 is 1.73 bits per heavy atom. The predicted octanol–water partition coefficient (Wildman–Crippen LogP) is -2.73. The van der Waals surface area contributed by atoms with E-state index in [1.807, 2.05) is 5.73 Å². The molecule has 0 heterocycles. The minimum atomic E-state index is -1.07. The van der Waals surface area contributed by atoms with Crippen LogP contribution in [0.3, 0.4) is 0 Å². The summed E-state index contributed by atoms with van der Waals surface area (Å²) >= 11 is 0. The van der Waals surface area contributed by atoms with Gasteiger partial charge in [-0.25, -0.2) is 0 Å². The van der Waals surface area contributed by atoms with E-state index in [-0.39, 0.29) is 12.8 Å². The third-order valence-electron chi connectivity index (χ3n) is 3.35. The zero-order valence-corrected chi connectivity index (χ0v) is 15.1. The van der Waals surface area contributed by atoms with E-state index in [0.717, 1.165) is 0 Å². The molecule has 0 bridgehead atoms. The average Bonchev–Trinajstić information content (AvgIpc) is 2.68. The van der Waals surface area contributed by atoms with Crippen LogP contribution >= 0.6 is 0 Å². The van der Waals surface area contributed by atoms with Gasteiger partial charge in [-0.1, -0.05) is 0 Å². The zero-order chi connectivity index (χ0) is 22.3. The summed E-state index contributed by atoms with van der Waals surface area (Å²) < 4.78 is 17.6. The van der Waals surface area contributed by atoms with Crippen molar-refractivity contribution in [3.63, 3.8) is 0 Å². The van der Waals surface area contributed by atoms with Gasteiger partial charge in [-0.05, 0) is 34.0 Å². The number of carboxylic acids is 3. The van der Waals surface area contributed by atoms with Gasteiger partial charge >= 0.3 is 23.9 Å². The zero-order valence-electron chi connectivity index (χ0n) is 17.1. The van der Waals surface area contributed by atoms with Gasteiger partial charge in [0, 0.05) is 0 Å². The molecule has 0 spiro atoms. The van der Waals surface area contributed by atoms with Crippen LogP contribution in [0.5, 0.6) is 0 Å². The molecule has 26 heavy (non-hydrogen) atoms. The first-order valence-corrected chi connectivity index (χ1v) is 7.52. The number of hydrogen-bond acceptors (Lipinski definition) is 10. The summed E-state index contributed by atoms with van der Waals surface area (Å²) in [7, 11) is 5.63. The first kappa shape index (κ1) is 21.8. The van der Waals surface area contributed by atoms with Crippen LogP contribution in [0.15, 0.2) is 0 Å². The Balaban J connectivity index is 0. The number of hydrogen-bond donors (Lipinski definition) is 7. The second-order valence-corrected chi connectivity index (χ2v) is 5.07. The van der Waals surface area contributed by atoms with Crippen molar-refractivity contribution >= 4 is 23.9 Å². The molecule has 0 aliphatic carbocycles. The fourth-order valence-corrected chi connectivity index (χ4v) is 1.73. The molecular formula is C14H28N4O8. The molecule has 12 nitrogen and oxygen atoms in total. The molecule has 4 atom stereocenters. The molecule has 0 radical (unpaired) electrons. The number of nitrogens with one attached hydrogen (secondary N) is 3. The van der Waals surface area contributed by atoms with Gasteiger partial charge in [-0.3, -0.25) is 19.2 Å². The van der Waals surface area contributed by atoms with E-state index in [1.54, 1.807) is 0 Å². The van der Waals surface area contributed by atoms with Crippen LogP contribution in [0.25, 0.3) is 1.43 Å². The quantitative estimate of drug-likeness (QED) is 0.172. The third kappa shape index (κ3) is 10.6. The standard InChI is InChI=1S/2C7H14N2O4/c1-9-5(6(10)11)3-4(8)7(12)13-2;1-8-4(6(10)11)3-5(9-2)7(12)13/h4-5,9H,3,8H2,1-2H3,(H,10,11);4-5,8-9H,3H2,1-2H3,(H,10,11)(H,12,13)/i/hTD. The highest BCUT2D eigenvalue weighted by Crippen LogP contribution is 1.99. The van der Waals surface area contributed by atoms with E-state index in [1.165, 1.54) is 28.3 Å². The Labute approximate surface area is 154 Å². The Morgan fingerprint density at radius 2 is 1.42 bits per heavy atom. The van der Waals surface area contributed by atoms with Crippen LogP contribution in [0, 0.1) is 0 Å². The molecule has 0 amide bonds. The summed E-state index contributed by atoms with van der Waals surface area (Å²) in [5, 5.41) is 28.7. The summed E-state index contributed by atoms with van der Waals surface area (Å²) in [5.74, 6) is -3.57. The van der Waals surface area contributed by atoms with Crippen molar-refractivity contribution in [2.24, 2.45) is 5.73 Å². The number of carboxylic acid groups (broad SMARTS) is 3. The number of likely N-dealkylation sites (N-methyl/N-ethyl adjacent to an activating group) is 3. The van der Waals surface area contributed by atoms with Gasteiger partial charge in [0.15, 0.2) is 0 Å². The molecule has 0 fully saturated rings. The van der Waals surface area contributed by atoms with Crippen LogP contribution in [-0.2, 0) is 23.9 Å². The number of carbonyl (C=O) groups excluding carboxylic acids is 1. The fraction of sp³-hybridized carbons (Fsp3) is 0.714. The Hall–Kier alpha value is -2.28. The monoisotopic (exact) mass is 383 g/mol. The van der Waals surface area contributed by atoms with Crippen LogP contribution in [0.2, 0.25) is 1.41 Å². The van der Waals surface area contributed by atoms with Gasteiger partial charge in [0.2, 0.25) is 0 Å². The Bertz CT molecular complexity index is 468. The summed E-state index contributed by atoms with van der Waals surface area (Å²) in [4.78, 5) is 43.1. The lowest BCUT2D eigenvalue weighted by Gasteiger charge is -2.16. The Morgan fingerprint density at radius 1 is 1.00 bits per heavy atom. The van der Waals surface area contributed by atoms with Crippen molar-refractivity contribution in [3.05, 3.63) is 0 Å². The minimum absolute atomic E-state index is 0.0278. The highest BCUT2D eigenvalue weighted by molar-refractivity contribution is 5.79. The summed E-state index contributed by atoms with van der Waals surface area (Å²) in [5.41, 5.74) is 1.94. The number of nitrogens with two attached hydrogens (primary N) is 1. The molecule has 8 N–H and O–H groups in total. The second-order valence-electron chi connectivity index (χ2n) is 5.07. The summed E-state index contributed by atoms with van der Waals surface area (Å²) in [6.45, 7) is 0. The lowest BCUT2D eigenvalue weighted by atomic mass is 10.1. The molecule has 0 aromatic rings. The normalized spacial score (nSPS) is 15.7. The van der Waals surface area contributed by atoms with Gasteiger partial charge in [0.1, 0.15) is 25.6 Å². The lowest BCUT2D eigenvalue weighted by molar-refractivity contribution is -0.144. The van der Waals surface area contributed by atoms with Crippen molar-refractivity contribution in [2.45, 2.75) is 37.0 Å². The smallest absolute Gasteiger partial charge is 0.322 e. The molecule has 152 valence electrons. The molecule has 0 saturated heterocycles. The van der Waals surface area contributed by atoms with Crippen molar-refractivity contribution in [2.75, 3.05) is 28.3 Å². The van der Waals surface area contributed by atoms with E-state index in [0.29, 0.717) is 0 Å². The first-order valence-electron chi connectivity index (χ1n) is 8.43. The molecule has 0 aliphatic heterocycles. The van der Waals surface area contributed by atoms with E-state index < -0.39 is 48.0 Å². The van der Waals surface area contributed by atoms with Crippen LogP contribution < -0.4 is 21.7 Å². The molecule has 0 aliphatic rings. The fourth-order valence-electron chi connectivity index (χ4n) is 1.73. The molecule has 0 saturated carbocycles. The third-order valence-corrected chi connectivity index (χ3v) is 3.35. The van der Waals surface area contributed by atoms with Crippen molar-refractivity contribution in [3.8, 4) is 0 Å². The van der Waals surface area contributed by atoms with Gasteiger partial charge in [0.05, 0.1) is 7.11 Å². The first-order chi connectivity index (χ1) is 13.1. The van der Waals surface area contributed by atoms with E-state index >= 15 is 0 Å². The molecule has 0 aromatic heterocycles. The highest BCUT2D eigenvalue weighted by Gasteiger charge is 2.24. The van der Waals surface area contributed by atoms with E-state index in [4.69, 9.17) is 13.1 Å². The van der Waals surface area contributed by atoms with Gasteiger partial charge in [-0.15, -0.1) is 0 Å². The average molecular weight is 383 g/mol. The number of ether oxygens (including phenoxy) is 1. The van der Waals surface area contributed by atoms with Gasteiger partial charge in [0.25, 0.3) is 1.43 Å². The number of esters is 1. The minimum Gasteiger partial charge on any atom is -0.480 e. The van der Waals surface area contributed by atoms with Crippen molar-refractivity contribution < 1.29 is 40.6 Å². The van der Waals surface area contributed by atoms with Crippen LogP contribution in [0.1, 0.15) is 12.8 Å². The van der Waals surface area contributed by atoms with E-state index in [2.05, 4.69) is 25.8 Å². The molecular weight excluding hydrogens is 352 g/mol. The highest BCUT2D eigenvalue weighted by atomic mass is 16.5. The molecule has 0 rings (SSSR count). The van der Waals surface area contributed by atoms with Gasteiger partial charge < -0.3 is 41.7 Å². The second kappa shape index (κ2) is 13.9. The number of carbonyl (C=O) groups is 4. The molecule has 12 heteroatoms. The predicted molar refractivity (Wildman–Crippen MR) is 90.7 cm³/mol. The van der Waals surface area contributed by atoms with Crippen LogP contribution in [0.4, 0.5) is 0 Å². The number of methoxy groups -OCH3 is 1. The topological polar surface area (TPSA) is 200 Å². The number of aliphatic carboxylic acids is 3. The number of rotatable bonds is 12. The van der Waals surface area contributed by atoms with Crippen LogP contribution in [-0.4, -0.2) is 91.6 Å². The van der Waals surface area contributed by atoms with Gasteiger partial charge in [-0.2, -0.15) is 0 Å². The lowest BCUT2D eigenvalue weighted by Crippen LogP contribution is -2.44. The maximum Gasteiger partial charge on any atom is 0.322 e. The van der Waals surface area contributed by atoms with Crippen molar-refractivity contribution in [1.29, 1.82) is 1.43 Å². The van der Waals surface area contributed by atoms with Crippen molar-refractivity contribution in [1.82, 2.24) is 16.0 Å². The Kier molecular flexibility index (Phi) is 11.7. The van der Waals surface area contributed by atoms with E-state index in [9.17, 15) is 19.2 Å². The maximum atomic E-state index is 11.0.